The summed E-state index contributed by atoms with van der Waals surface area (Å²) in [5.74, 6) is -0.495. The monoisotopic (exact) mass is 936 g/mol. The van der Waals surface area contributed by atoms with Crippen LogP contribution in [0.15, 0.2) is 89.6 Å². The molecule has 18 heteroatoms. The summed E-state index contributed by atoms with van der Waals surface area (Å²) in [6.07, 6.45) is 7.81. The fourth-order valence-electron chi connectivity index (χ4n) is 9.63. The molecule has 5 heterocycles. The molecule has 9 rings (SSSR count). The van der Waals surface area contributed by atoms with E-state index in [0.29, 0.717) is 50.4 Å². The third kappa shape index (κ3) is 9.69. The number of anilines is 2. The molecule has 5 aromatic rings. The molecule has 1 aliphatic carbocycles. The molecule has 2 amide bonds. The minimum atomic E-state index is -4.68. The van der Waals surface area contributed by atoms with Crippen molar-refractivity contribution < 1.29 is 32.4 Å². The Labute approximate surface area is 388 Å². The number of piperidine rings is 1. The van der Waals surface area contributed by atoms with Crippen LogP contribution < -0.4 is 24.4 Å². The number of nitrogens with zero attached hydrogens (tertiary/aromatic N) is 5. The molecule has 0 bridgehead atoms. The number of fused-ring (bicyclic) bond motifs is 2. The number of amides is 2. The summed E-state index contributed by atoms with van der Waals surface area (Å²) in [6, 6.07) is 18.6. The fourth-order valence-corrected chi connectivity index (χ4v) is 10.8. The highest BCUT2D eigenvalue weighted by atomic mass is 35.5. The quantitative estimate of drug-likeness (QED) is 0.0850. The topological polar surface area (TPSA) is 192 Å². The van der Waals surface area contributed by atoms with Gasteiger partial charge >= 0.3 is 0 Å². The summed E-state index contributed by atoms with van der Waals surface area (Å²) in [7, 11) is -4.68. The van der Waals surface area contributed by atoms with Crippen molar-refractivity contribution in [1.29, 1.82) is 0 Å². The average Bonchev–Trinajstić information content (AvgIpc) is 3.77. The maximum Gasteiger partial charge on any atom is 0.297 e. The SMILES string of the molecule is CC(=O)N1CCC(C2COc3cc(S(=O)(=O)NC(=O)c4ccc(N5CCN(CC6=C(c7ccc(Cl)cc7)CC(C)(C)CC6)CC5)cc4Oc4cnc5[nH]ccc5c4)cc([N+](=O)[O-])c3N2)CC1. The van der Waals surface area contributed by atoms with Crippen LogP contribution in [0.2, 0.25) is 5.02 Å². The number of piperazine rings is 1. The number of hydrogen-bond donors (Lipinski definition) is 3. The minimum absolute atomic E-state index is 0.00183. The van der Waals surface area contributed by atoms with E-state index >= 15 is 0 Å². The molecule has 1 atom stereocenters. The zero-order chi connectivity index (χ0) is 46.3. The van der Waals surface area contributed by atoms with E-state index in [1.807, 2.05) is 18.2 Å². The standard InChI is InChI=1S/C48H53ClN8O8S/c1-30(58)55-16-12-32(13-17-55)41-29-64-44-25-38(24-42(57(60)61)45(44)52-41)66(62,63)53-47(59)39-9-8-36(23-43(39)65-37-22-33-11-15-50-46(33)51-27-37)56-20-18-54(19-21-56)28-34-10-14-48(2,3)26-40(34)31-4-6-35(49)7-5-31/h4-9,11,15,22-25,27,32,41,52H,10,12-14,16-21,26,28-29H2,1-3H3,(H,50,51)(H,53,59). The number of nitro benzene ring substituents is 1. The number of halogens is 1. The summed E-state index contributed by atoms with van der Waals surface area (Å²) in [6.45, 7) is 11.4. The van der Waals surface area contributed by atoms with Crippen LogP contribution in [0.5, 0.6) is 17.2 Å². The van der Waals surface area contributed by atoms with Crippen molar-refractivity contribution in [1.82, 2.24) is 24.5 Å². The van der Waals surface area contributed by atoms with Gasteiger partial charge in [-0.3, -0.25) is 24.6 Å². The highest BCUT2D eigenvalue weighted by molar-refractivity contribution is 7.90. The highest BCUT2D eigenvalue weighted by Crippen LogP contribution is 2.44. The predicted molar refractivity (Wildman–Crippen MR) is 253 cm³/mol. The molecule has 3 aromatic carbocycles. The van der Waals surface area contributed by atoms with Crippen molar-refractivity contribution in [2.45, 2.75) is 63.8 Å². The smallest absolute Gasteiger partial charge is 0.297 e. The van der Waals surface area contributed by atoms with Crippen LogP contribution in [0.3, 0.4) is 0 Å². The van der Waals surface area contributed by atoms with Crippen LogP contribution in [-0.2, 0) is 14.8 Å². The number of likely N-dealkylation sites (tertiary alicyclic amines) is 1. The third-order valence-corrected chi connectivity index (χ3v) is 15.0. The van der Waals surface area contributed by atoms with Crippen molar-refractivity contribution >= 4 is 67.1 Å². The van der Waals surface area contributed by atoms with Gasteiger partial charge < -0.3 is 29.6 Å². The zero-order valence-corrected chi connectivity index (χ0v) is 38.7. The van der Waals surface area contributed by atoms with E-state index in [4.69, 9.17) is 21.1 Å². The number of H-pyrrole nitrogens is 1. The van der Waals surface area contributed by atoms with Crippen LogP contribution in [0.4, 0.5) is 17.1 Å². The van der Waals surface area contributed by atoms with E-state index in [1.54, 1.807) is 29.3 Å². The van der Waals surface area contributed by atoms with Gasteiger partial charge in [-0.05, 0) is 91.0 Å². The summed E-state index contributed by atoms with van der Waals surface area (Å²) >= 11 is 6.25. The second kappa shape index (κ2) is 18.2. The van der Waals surface area contributed by atoms with Gasteiger partial charge in [0, 0.05) is 93.2 Å². The van der Waals surface area contributed by atoms with Crippen LogP contribution in [-0.4, -0.2) is 103 Å². The van der Waals surface area contributed by atoms with Gasteiger partial charge in [-0.2, -0.15) is 0 Å². The number of nitro groups is 1. The molecule has 3 N–H and O–H groups in total. The average molecular weight is 938 g/mol. The molecule has 2 aromatic heterocycles. The first kappa shape index (κ1) is 45.0. The highest BCUT2D eigenvalue weighted by Gasteiger charge is 2.36. The number of carbonyl (C=O) groups excluding carboxylic acids is 2. The summed E-state index contributed by atoms with van der Waals surface area (Å²) in [5, 5.41) is 17.1. The minimum Gasteiger partial charge on any atom is -0.489 e. The molecular formula is C48H53ClN8O8S. The number of carbonyl (C=O) groups is 2. The van der Waals surface area contributed by atoms with Gasteiger partial charge in [-0.1, -0.05) is 43.2 Å². The molecule has 1 unspecified atom stereocenters. The third-order valence-electron chi connectivity index (χ3n) is 13.4. The van der Waals surface area contributed by atoms with E-state index < -0.39 is 31.4 Å². The first-order valence-corrected chi connectivity index (χ1v) is 24.2. The van der Waals surface area contributed by atoms with Crippen molar-refractivity contribution in [3.8, 4) is 17.2 Å². The maximum absolute atomic E-state index is 14.1. The van der Waals surface area contributed by atoms with E-state index in [-0.39, 0.29) is 52.6 Å². The largest absolute Gasteiger partial charge is 0.489 e. The normalized spacial score (nSPS) is 19.2. The van der Waals surface area contributed by atoms with Crippen LogP contribution >= 0.6 is 11.6 Å². The van der Waals surface area contributed by atoms with E-state index in [0.717, 1.165) is 61.1 Å². The molecule has 2 fully saturated rings. The summed E-state index contributed by atoms with van der Waals surface area (Å²) < 4.78 is 42.4. The van der Waals surface area contributed by atoms with E-state index in [1.165, 1.54) is 42.0 Å². The lowest BCUT2D eigenvalue weighted by atomic mass is 9.72. The van der Waals surface area contributed by atoms with Crippen LogP contribution in [0.25, 0.3) is 16.6 Å². The Morgan fingerprint density at radius 3 is 2.50 bits per heavy atom. The molecule has 16 nitrogen and oxygen atoms in total. The Morgan fingerprint density at radius 1 is 1.02 bits per heavy atom. The number of rotatable bonds is 11. The van der Waals surface area contributed by atoms with Crippen molar-refractivity contribution in [3.63, 3.8) is 0 Å². The number of pyridine rings is 1. The van der Waals surface area contributed by atoms with Gasteiger partial charge in [0.15, 0.2) is 11.4 Å². The molecule has 66 heavy (non-hydrogen) atoms. The van der Waals surface area contributed by atoms with Gasteiger partial charge in [0.05, 0.1) is 27.6 Å². The van der Waals surface area contributed by atoms with Crippen LogP contribution in [0.1, 0.15) is 68.8 Å². The summed E-state index contributed by atoms with van der Waals surface area (Å²) in [5.41, 5.74) is 5.22. The Balaban J connectivity index is 0.935. The lowest BCUT2D eigenvalue weighted by Crippen LogP contribution is -2.47. The lowest BCUT2D eigenvalue weighted by molar-refractivity contribution is -0.384. The number of aromatic amines is 1. The Morgan fingerprint density at radius 2 is 1.77 bits per heavy atom. The fraction of sp³-hybridized carbons (Fsp3) is 0.396. The molecule has 4 aliphatic rings. The van der Waals surface area contributed by atoms with E-state index in [2.05, 4.69) is 55.8 Å². The second-order valence-corrected chi connectivity index (χ2v) is 20.6. The predicted octanol–water partition coefficient (Wildman–Crippen LogP) is 8.25. The Kier molecular flexibility index (Phi) is 12.4. The number of sulfonamides is 1. The van der Waals surface area contributed by atoms with Crippen molar-refractivity contribution in [2.75, 3.05) is 62.6 Å². The number of aromatic nitrogens is 2. The molecule has 0 spiro atoms. The van der Waals surface area contributed by atoms with Crippen molar-refractivity contribution in [2.24, 2.45) is 11.3 Å². The Hall–Kier alpha value is -6.17. The first-order valence-electron chi connectivity index (χ1n) is 22.3. The molecule has 0 saturated carbocycles. The number of hydrogen-bond acceptors (Lipinski definition) is 12. The molecule has 346 valence electrons. The molecule has 2 saturated heterocycles. The molecule has 0 radical (unpaired) electrons. The van der Waals surface area contributed by atoms with Gasteiger partial charge in [0.2, 0.25) is 5.91 Å². The van der Waals surface area contributed by atoms with Gasteiger partial charge in [0.1, 0.15) is 23.8 Å². The van der Waals surface area contributed by atoms with Gasteiger partial charge in [0.25, 0.3) is 21.6 Å². The van der Waals surface area contributed by atoms with Crippen LogP contribution in [0, 0.1) is 21.4 Å². The van der Waals surface area contributed by atoms with Gasteiger partial charge in [-0.25, -0.2) is 18.1 Å². The van der Waals surface area contributed by atoms with Gasteiger partial charge in [-0.15, -0.1) is 0 Å². The maximum atomic E-state index is 14.1. The first-order chi connectivity index (χ1) is 31.6. The second-order valence-electron chi connectivity index (χ2n) is 18.5. The van der Waals surface area contributed by atoms with Crippen molar-refractivity contribution in [3.05, 3.63) is 111 Å². The van der Waals surface area contributed by atoms with E-state index in [9.17, 15) is 28.1 Å². The molecular weight excluding hydrogens is 884 g/mol. The number of nitrogens with one attached hydrogen (secondary N) is 3. The lowest BCUT2D eigenvalue weighted by Gasteiger charge is -2.39. The Bertz CT molecular complexity index is 2830. The number of ether oxygens (including phenoxy) is 2. The number of allylic oxidation sites excluding steroid dienone is 1. The summed E-state index contributed by atoms with van der Waals surface area (Å²) in [4.78, 5) is 51.1. The number of benzene rings is 3. The zero-order valence-electron chi connectivity index (χ0n) is 37.1. The molecule has 3 aliphatic heterocycles.